The molecule has 0 aliphatic heterocycles. The summed E-state index contributed by atoms with van der Waals surface area (Å²) in [5.41, 5.74) is 18.6. The fraction of sp³-hybridized carbons (Fsp3) is 0.520. The lowest BCUT2D eigenvalue weighted by Crippen LogP contribution is -2.19. The van der Waals surface area contributed by atoms with E-state index in [1.165, 1.54) is 58.2 Å². The number of benzene rings is 2. The molecular formula is C25H34. The monoisotopic (exact) mass is 334 g/mol. The van der Waals surface area contributed by atoms with E-state index >= 15 is 0 Å². The van der Waals surface area contributed by atoms with Gasteiger partial charge in [0, 0.05) is 0 Å². The van der Waals surface area contributed by atoms with Crippen LogP contribution in [0.15, 0.2) is 0 Å². The van der Waals surface area contributed by atoms with Gasteiger partial charge in [-0.15, -0.1) is 0 Å². The minimum atomic E-state index is 0.672. The van der Waals surface area contributed by atoms with Crippen LogP contribution in [-0.4, -0.2) is 0 Å². The van der Waals surface area contributed by atoms with Crippen molar-refractivity contribution in [3.8, 4) is 0 Å². The minimum absolute atomic E-state index is 0.672. The Kier molecular flexibility index (Phi) is 4.60. The Morgan fingerprint density at radius 2 is 0.880 bits per heavy atom. The minimum Gasteiger partial charge on any atom is -0.0447 e. The highest BCUT2D eigenvalue weighted by molar-refractivity contribution is 5.55. The molecule has 0 aromatic heterocycles. The second-order valence-corrected chi connectivity index (χ2v) is 8.44. The van der Waals surface area contributed by atoms with Crippen molar-refractivity contribution in [3.63, 3.8) is 0 Å². The van der Waals surface area contributed by atoms with Gasteiger partial charge in [0.1, 0.15) is 0 Å². The molecular weight excluding hydrogens is 300 g/mol. The molecule has 1 aliphatic rings. The number of rotatable bonds is 1. The summed E-state index contributed by atoms with van der Waals surface area (Å²) in [6.07, 6.45) is 3.74. The average molecular weight is 335 g/mol. The normalized spacial score (nSPS) is 16.9. The molecule has 0 bridgehead atoms. The molecule has 3 rings (SSSR count). The van der Waals surface area contributed by atoms with Crippen LogP contribution in [0, 0.1) is 62.3 Å². The zero-order valence-corrected chi connectivity index (χ0v) is 17.7. The van der Waals surface area contributed by atoms with Gasteiger partial charge in [-0.2, -0.15) is 0 Å². The van der Waals surface area contributed by atoms with Crippen LogP contribution in [0.2, 0.25) is 0 Å². The Balaban J connectivity index is 2.14. The fourth-order valence-electron chi connectivity index (χ4n) is 5.14. The molecule has 0 fully saturated rings. The third kappa shape index (κ3) is 2.65. The van der Waals surface area contributed by atoms with Crippen LogP contribution >= 0.6 is 0 Å². The van der Waals surface area contributed by atoms with Gasteiger partial charge in [0.05, 0.1) is 0 Å². The van der Waals surface area contributed by atoms with E-state index in [2.05, 4.69) is 62.3 Å². The molecule has 1 unspecified atom stereocenters. The first kappa shape index (κ1) is 18.2. The molecule has 0 saturated carbocycles. The van der Waals surface area contributed by atoms with E-state index in [-0.39, 0.29) is 0 Å². The van der Waals surface area contributed by atoms with Crippen LogP contribution in [0.25, 0.3) is 0 Å². The van der Waals surface area contributed by atoms with Gasteiger partial charge in [0.15, 0.2) is 0 Å². The van der Waals surface area contributed by atoms with E-state index < -0.39 is 0 Å². The Morgan fingerprint density at radius 3 is 1.40 bits per heavy atom. The first-order valence-corrected chi connectivity index (χ1v) is 9.81. The van der Waals surface area contributed by atoms with E-state index in [1.807, 2.05) is 0 Å². The quantitative estimate of drug-likeness (QED) is 0.542. The molecule has 0 spiro atoms. The molecule has 0 N–H and O–H groups in total. The molecule has 0 saturated heterocycles. The lowest BCUT2D eigenvalue weighted by Gasteiger charge is -2.33. The predicted octanol–water partition coefficient (Wildman–Crippen LogP) is 6.73. The Bertz CT molecular complexity index is 836. The highest BCUT2D eigenvalue weighted by atomic mass is 14.3. The van der Waals surface area contributed by atoms with Crippen molar-refractivity contribution in [1.29, 1.82) is 0 Å². The van der Waals surface area contributed by atoms with Crippen LogP contribution in [0.3, 0.4) is 0 Å². The molecule has 0 nitrogen and oxygen atoms in total. The van der Waals surface area contributed by atoms with Crippen LogP contribution in [0.4, 0.5) is 0 Å². The van der Waals surface area contributed by atoms with Gasteiger partial charge in [0.2, 0.25) is 0 Å². The van der Waals surface area contributed by atoms with Crippen LogP contribution in [0.5, 0.6) is 0 Å². The van der Waals surface area contributed by atoms with Crippen molar-refractivity contribution >= 4 is 0 Å². The fourth-order valence-corrected chi connectivity index (χ4v) is 5.14. The molecule has 0 heterocycles. The van der Waals surface area contributed by atoms with E-state index in [1.54, 1.807) is 27.8 Å². The van der Waals surface area contributed by atoms with E-state index in [4.69, 9.17) is 0 Å². The molecule has 25 heavy (non-hydrogen) atoms. The highest BCUT2D eigenvalue weighted by Gasteiger charge is 2.27. The Labute approximate surface area is 154 Å². The zero-order chi connectivity index (χ0) is 18.6. The summed E-state index contributed by atoms with van der Waals surface area (Å²) in [5.74, 6) is 0.672. The summed E-state index contributed by atoms with van der Waals surface area (Å²) in [6.45, 7) is 20.9. The van der Waals surface area contributed by atoms with Crippen molar-refractivity contribution in [2.75, 3.05) is 0 Å². The van der Waals surface area contributed by atoms with E-state index in [9.17, 15) is 0 Å². The van der Waals surface area contributed by atoms with Gasteiger partial charge in [-0.05, 0) is 154 Å². The van der Waals surface area contributed by atoms with Crippen molar-refractivity contribution in [2.24, 2.45) is 0 Å². The lowest BCUT2D eigenvalue weighted by atomic mass is 9.72. The smallest absolute Gasteiger partial charge is 0.0113 e. The number of hydrogen-bond acceptors (Lipinski definition) is 0. The van der Waals surface area contributed by atoms with Gasteiger partial charge in [0.25, 0.3) is 0 Å². The third-order valence-electron chi connectivity index (χ3n) is 7.62. The summed E-state index contributed by atoms with van der Waals surface area (Å²) in [6, 6.07) is 0. The highest BCUT2D eigenvalue weighted by Crippen LogP contribution is 2.41. The maximum Gasteiger partial charge on any atom is -0.0113 e. The molecule has 1 atom stereocenters. The Hall–Kier alpha value is -1.56. The largest absolute Gasteiger partial charge is 0.0447 e. The molecule has 1 aliphatic carbocycles. The van der Waals surface area contributed by atoms with Gasteiger partial charge >= 0.3 is 0 Å². The van der Waals surface area contributed by atoms with Gasteiger partial charge in [-0.25, -0.2) is 0 Å². The number of fused-ring (bicyclic) bond motifs is 1. The van der Waals surface area contributed by atoms with Gasteiger partial charge < -0.3 is 0 Å². The van der Waals surface area contributed by atoms with Crippen LogP contribution in [0.1, 0.15) is 79.1 Å². The topological polar surface area (TPSA) is 0 Å². The van der Waals surface area contributed by atoms with E-state index in [0.29, 0.717) is 5.92 Å². The molecule has 134 valence electrons. The average Bonchev–Trinajstić information content (AvgIpc) is 2.61. The van der Waals surface area contributed by atoms with Gasteiger partial charge in [-0.1, -0.05) is 0 Å². The second-order valence-electron chi connectivity index (χ2n) is 8.44. The zero-order valence-electron chi connectivity index (χ0n) is 17.7. The molecule has 0 amide bonds. The molecule has 2 aromatic carbocycles. The van der Waals surface area contributed by atoms with Crippen molar-refractivity contribution in [3.05, 3.63) is 66.8 Å². The summed E-state index contributed by atoms with van der Waals surface area (Å²) in [7, 11) is 0. The van der Waals surface area contributed by atoms with Crippen LogP contribution in [-0.2, 0) is 12.8 Å². The predicted molar refractivity (Wildman–Crippen MR) is 110 cm³/mol. The maximum absolute atomic E-state index is 2.35. The molecule has 0 heteroatoms. The summed E-state index contributed by atoms with van der Waals surface area (Å²) >= 11 is 0. The SMILES string of the molecule is Cc1c(C)c(C)c(C2CCc3c(C)c(C)c(C)c(C)c3C2)c(C)c1C. The maximum atomic E-state index is 2.35. The van der Waals surface area contributed by atoms with Gasteiger partial charge in [-0.3, -0.25) is 0 Å². The van der Waals surface area contributed by atoms with Crippen molar-refractivity contribution < 1.29 is 0 Å². The molecule has 0 radical (unpaired) electrons. The van der Waals surface area contributed by atoms with E-state index in [0.717, 1.165) is 0 Å². The summed E-state index contributed by atoms with van der Waals surface area (Å²) in [4.78, 5) is 0. The third-order valence-corrected chi connectivity index (χ3v) is 7.62. The summed E-state index contributed by atoms with van der Waals surface area (Å²) < 4.78 is 0. The standard InChI is InChI=1S/C25H34/c1-13-16(4)20(8)25(21(9)17(13)5)22-10-11-23-18(6)14(2)15(3)19(7)24(23)12-22/h22H,10-12H2,1-9H3. The number of hydrogen-bond donors (Lipinski definition) is 0. The van der Waals surface area contributed by atoms with Crippen molar-refractivity contribution in [2.45, 2.75) is 87.5 Å². The lowest BCUT2D eigenvalue weighted by molar-refractivity contribution is 0.573. The second kappa shape index (κ2) is 6.31. The van der Waals surface area contributed by atoms with Crippen molar-refractivity contribution in [1.82, 2.24) is 0 Å². The summed E-state index contributed by atoms with van der Waals surface area (Å²) in [5, 5.41) is 0. The van der Waals surface area contributed by atoms with Crippen LogP contribution < -0.4 is 0 Å². The first-order chi connectivity index (χ1) is 11.7. The Morgan fingerprint density at radius 1 is 0.480 bits per heavy atom. The molecule has 2 aromatic rings. The first-order valence-electron chi connectivity index (χ1n) is 9.81.